The topological polar surface area (TPSA) is 103 Å². The number of carbonyl (C=O) groups excluding carboxylic acids is 2. The van der Waals surface area contributed by atoms with Crippen LogP contribution in [0.3, 0.4) is 0 Å². The third-order valence-electron chi connectivity index (χ3n) is 5.65. The van der Waals surface area contributed by atoms with Crippen molar-refractivity contribution in [2.24, 2.45) is 5.92 Å². The first-order chi connectivity index (χ1) is 15.9. The first-order valence-electron chi connectivity index (χ1n) is 10.4. The Morgan fingerprint density at radius 1 is 1.15 bits per heavy atom. The van der Waals surface area contributed by atoms with E-state index in [0.717, 1.165) is 5.69 Å². The highest BCUT2D eigenvalue weighted by atomic mass is 35.5. The smallest absolute Gasteiger partial charge is 0.258 e. The van der Waals surface area contributed by atoms with Crippen molar-refractivity contribution in [1.82, 2.24) is 25.8 Å². The van der Waals surface area contributed by atoms with Crippen LogP contribution in [-0.4, -0.2) is 34.3 Å². The first-order valence-corrected chi connectivity index (χ1v) is 11.1. The fraction of sp³-hybridized carbons (Fsp3) is 0.227. The van der Waals surface area contributed by atoms with E-state index in [1.54, 1.807) is 47.1 Å². The Morgan fingerprint density at radius 3 is 2.67 bits per heavy atom. The molecular formula is C22H21Cl2N7O2. The number of amides is 2. The van der Waals surface area contributed by atoms with E-state index in [2.05, 4.69) is 26.5 Å². The number of nitrogens with zero attached hydrogens (tertiary/aromatic N) is 3. The maximum atomic E-state index is 12.9. The lowest BCUT2D eigenvalue weighted by Crippen LogP contribution is -2.61. The molecule has 3 heterocycles. The highest BCUT2D eigenvalue weighted by Gasteiger charge is 2.45. The van der Waals surface area contributed by atoms with E-state index < -0.39 is 6.29 Å². The van der Waals surface area contributed by atoms with Crippen molar-refractivity contribution in [3.8, 4) is 0 Å². The largest absolute Gasteiger partial charge is 0.321 e. The summed E-state index contributed by atoms with van der Waals surface area (Å²) in [6.45, 7) is 2.29. The number of fused-ring (bicyclic) bond motifs is 1. The predicted octanol–water partition coefficient (Wildman–Crippen LogP) is 2.89. The Hall–Kier alpha value is -3.11. The van der Waals surface area contributed by atoms with Crippen LogP contribution in [-0.2, 0) is 4.79 Å². The van der Waals surface area contributed by atoms with E-state index in [-0.39, 0.29) is 23.9 Å². The van der Waals surface area contributed by atoms with E-state index >= 15 is 0 Å². The molecule has 33 heavy (non-hydrogen) atoms. The summed E-state index contributed by atoms with van der Waals surface area (Å²) in [6, 6.07) is 15.9. The second-order valence-corrected chi connectivity index (χ2v) is 8.73. The van der Waals surface area contributed by atoms with Gasteiger partial charge in [-0.05, 0) is 43.3 Å². The van der Waals surface area contributed by atoms with Gasteiger partial charge < -0.3 is 10.6 Å². The molecule has 2 amide bonds. The van der Waals surface area contributed by atoms with Crippen LogP contribution in [0.15, 0.2) is 54.6 Å². The number of nitrogens with one attached hydrogen (secondary N) is 4. The summed E-state index contributed by atoms with van der Waals surface area (Å²) in [7, 11) is 0. The number of hydrogen-bond acceptors (Lipinski definition) is 6. The maximum absolute atomic E-state index is 12.9. The van der Waals surface area contributed by atoms with E-state index in [1.807, 2.05) is 24.1 Å². The van der Waals surface area contributed by atoms with Crippen LogP contribution in [0.2, 0.25) is 10.0 Å². The normalized spacial score (nSPS) is 22.1. The molecule has 2 saturated heterocycles. The minimum atomic E-state index is -0.677. The van der Waals surface area contributed by atoms with Crippen LogP contribution >= 0.6 is 23.2 Å². The lowest BCUT2D eigenvalue weighted by Gasteiger charge is -2.37. The monoisotopic (exact) mass is 485 g/mol. The van der Waals surface area contributed by atoms with E-state index in [1.165, 1.54) is 0 Å². The molecule has 170 valence electrons. The molecule has 5 rings (SSSR count). The molecule has 0 bridgehead atoms. The summed E-state index contributed by atoms with van der Waals surface area (Å²) in [6.07, 6.45) is -1.01. The standard InChI is InChI=1S/C22H21Cl2N7O2/c1-12-10-18(26-20(32)15-4-2-3-5-17(15)24)31(29-12)22-27-19-16(21(33)28-22)11-25-30(19)14-8-6-13(23)7-9-14/h2-10,16,19,22,25,27H,11H2,1H3,(H,26,32)(H,28,33). The molecule has 9 nitrogen and oxygen atoms in total. The summed E-state index contributed by atoms with van der Waals surface area (Å²) in [4.78, 5) is 25.7. The lowest BCUT2D eigenvalue weighted by atomic mass is 10.0. The van der Waals surface area contributed by atoms with Gasteiger partial charge >= 0.3 is 0 Å². The average molecular weight is 486 g/mol. The Balaban J connectivity index is 1.41. The number of carbonyl (C=O) groups is 2. The number of anilines is 2. The SMILES string of the molecule is Cc1cc(NC(=O)c2ccccc2Cl)n(C2NC(=O)C3CNN(c4ccc(Cl)cc4)C3N2)n1. The Labute approximate surface area is 200 Å². The zero-order chi connectivity index (χ0) is 23.1. The van der Waals surface area contributed by atoms with Gasteiger partial charge in [-0.2, -0.15) is 5.10 Å². The van der Waals surface area contributed by atoms with Gasteiger partial charge in [0.15, 0.2) is 6.29 Å². The van der Waals surface area contributed by atoms with Crippen LogP contribution in [0.1, 0.15) is 22.3 Å². The predicted molar refractivity (Wildman–Crippen MR) is 126 cm³/mol. The molecule has 1 aromatic heterocycles. The number of hydrogen-bond donors (Lipinski definition) is 4. The van der Waals surface area contributed by atoms with Crippen molar-refractivity contribution in [3.05, 3.63) is 75.9 Å². The Bertz CT molecular complexity index is 1210. The highest BCUT2D eigenvalue weighted by molar-refractivity contribution is 6.34. The minimum absolute atomic E-state index is 0.121. The summed E-state index contributed by atoms with van der Waals surface area (Å²) < 4.78 is 1.55. The fourth-order valence-corrected chi connectivity index (χ4v) is 4.43. The zero-order valence-electron chi connectivity index (χ0n) is 17.5. The van der Waals surface area contributed by atoms with Crippen LogP contribution in [0.4, 0.5) is 11.5 Å². The summed E-state index contributed by atoms with van der Waals surface area (Å²) >= 11 is 12.2. The number of rotatable bonds is 4. The number of benzene rings is 2. The van der Waals surface area contributed by atoms with Crippen molar-refractivity contribution >= 4 is 46.5 Å². The number of halogens is 2. The average Bonchev–Trinajstić information content (AvgIpc) is 3.38. The van der Waals surface area contributed by atoms with Gasteiger partial charge in [0, 0.05) is 17.6 Å². The molecular weight excluding hydrogens is 465 g/mol. The third kappa shape index (κ3) is 4.16. The number of hydrazine groups is 1. The maximum Gasteiger partial charge on any atom is 0.258 e. The van der Waals surface area contributed by atoms with E-state index in [0.29, 0.717) is 33.7 Å². The van der Waals surface area contributed by atoms with Gasteiger partial charge in [0.05, 0.1) is 27.9 Å². The van der Waals surface area contributed by atoms with Gasteiger partial charge in [-0.3, -0.25) is 19.9 Å². The van der Waals surface area contributed by atoms with Gasteiger partial charge in [0.2, 0.25) is 5.91 Å². The quantitative estimate of drug-likeness (QED) is 0.453. The molecule has 0 aliphatic carbocycles. The Morgan fingerprint density at radius 2 is 1.91 bits per heavy atom. The first kappa shape index (κ1) is 21.7. The van der Waals surface area contributed by atoms with Gasteiger partial charge in [0.25, 0.3) is 5.91 Å². The second kappa shape index (κ2) is 8.68. The van der Waals surface area contributed by atoms with Crippen LogP contribution in [0.25, 0.3) is 0 Å². The van der Waals surface area contributed by atoms with Crippen molar-refractivity contribution < 1.29 is 9.59 Å². The molecule has 3 aromatic rings. The van der Waals surface area contributed by atoms with Crippen LogP contribution in [0, 0.1) is 12.8 Å². The number of aryl methyl sites for hydroxylation is 1. The summed E-state index contributed by atoms with van der Waals surface area (Å²) in [5, 5.41) is 16.6. The molecule has 0 radical (unpaired) electrons. The van der Waals surface area contributed by atoms with E-state index in [9.17, 15) is 9.59 Å². The van der Waals surface area contributed by atoms with Gasteiger partial charge in [-0.1, -0.05) is 35.3 Å². The molecule has 2 aromatic carbocycles. The molecule has 2 aliphatic heterocycles. The van der Waals surface area contributed by atoms with E-state index in [4.69, 9.17) is 23.2 Å². The molecule has 0 spiro atoms. The molecule has 0 saturated carbocycles. The fourth-order valence-electron chi connectivity index (χ4n) is 4.08. The van der Waals surface area contributed by atoms with Crippen molar-refractivity contribution in [2.45, 2.75) is 19.4 Å². The van der Waals surface area contributed by atoms with Crippen LogP contribution < -0.4 is 26.4 Å². The van der Waals surface area contributed by atoms with Crippen molar-refractivity contribution in [1.29, 1.82) is 0 Å². The van der Waals surface area contributed by atoms with Crippen LogP contribution in [0.5, 0.6) is 0 Å². The highest BCUT2D eigenvalue weighted by Crippen LogP contribution is 2.29. The van der Waals surface area contributed by atoms with Gasteiger partial charge in [-0.25, -0.2) is 10.1 Å². The zero-order valence-corrected chi connectivity index (χ0v) is 19.1. The van der Waals surface area contributed by atoms with Crippen molar-refractivity contribution in [2.75, 3.05) is 16.9 Å². The van der Waals surface area contributed by atoms with Gasteiger partial charge in [0.1, 0.15) is 12.0 Å². The summed E-state index contributed by atoms with van der Waals surface area (Å²) in [5.41, 5.74) is 5.17. The lowest BCUT2D eigenvalue weighted by molar-refractivity contribution is -0.129. The second-order valence-electron chi connectivity index (χ2n) is 7.89. The molecule has 3 atom stereocenters. The molecule has 3 unspecified atom stereocenters. The molecule has 2 fully saturated rings. The van der Waals surface area contributed by atoms with Gasteiger partial charge in [-0.15, -0.1) is 0 Å². The third-order valence-corrected chi connectivity index (χ3v) is 6.23. The molecule has 11 heteroatoms. The van der Waals surface area contributed by atoms with Crippen molar-refractivity contribution in [3.63, 3.8) is 0 Å². The molecule has 4 N–H and O–H groups in total. The summed E-state index contributed by atoms with van der Waals surface area (Å²) in [5.74, 6) is -0.372. The Kier molecular flexibility index (Phi) is 5.71. The minimum Gasteiger partial charge on any atom is -0.321 e. The number of aromatic nitrogens is 2. The molecule has 2 aliphatic rings.